The number of hydrogen-bond acceptors (Lipinski definition) is 4. The van der Waals surface area contributed by atoms with E-state index < -0.39 is 0 Å². The van der Waals surface area contributed by atoms with Crippen LogP contribution in [0.15, 0.2) is 108 Å². The maximum absolute atomic E-state index is 7.50. The molecule has 3 nitrogen and oxygen atoms in total. The lowest BCUT2D eigenvalue weighted by Gasteiger charge is -2.47. The van der Waals surface area contributed by atoms with Gasteiger partial charge in [-0.05, 0) is 158 Å². The van der Waals surface area contributed by atoms with Gasteiger partial charge in [0.25, 0.3) is 6.71 Å². The fourth-order valence-electron chi connectivity index (χ4n) is 12.7. The van der Waals surface area contributed by atoms with Gasteiger partial charge in [-0.25, -0.2) is 0 Å². The molecule has 12 rings (SSSR count). The molecule has 0 bridgehead atoms. The van der Waals surface area contributed by atoms with Crippen LogP contribution < -0.4 is 26.4 Å². The molecule has 0 fully saturated rings. The Kier molecular flexibility index (Phi) is 8.73. The van der Waals surface area contributed by atoms with Gasteiger partial charge in [-0.1, -0.05) is 139 Å². The zero-order chi connectivity index (χ0) is 46.2. The van der Waals surface area contributed by atoms with Gasteiger partial charge in [-0.2, -0.15) is 0 Å². The van der Waals surface area contributed by atoms with Crippen molar-refractivity contribution in [1.82, 2.24) is 0 Å². The lowest BCUT2D eigenvalue weighted by Crippen LogP contribution is -2.61. The molecule has 0 spiro atoms. The zero-order valence-corrected chi connectivity index (χ0v) is 42.3. The Labute approximate surface area is 397 Å². The van der Waals surface area contributed by atoms with Crippen LogP contribution in [0.25, 0.3) is 31.1 Å². The van der Waals surface area contributed by atoms with E-state index in [0.717, 1.165) is 24.1 Å². The molecule has 334 valence electrons. The Hall–Kier alpha value is -5.26. The van der Waals surface area contributed by atoms with E-state index in [1.54, 1.807) is 0 Å². The first-order valence-electron chi connectivity index (χ1n) is 24.7. The molecule has 4 heterocycles. The Morgan fingerprint density at radius 3 is 1.91 bits per heavy atom. The SMILES string of the molecule is CC(C)c1ccc(N2c3cccc4c3B(c3cc5c(cc3N4c3ccc4c(c3)C(C)(C)CCC4(C)C)C(C)(C)CCC5(C)C)c3oc4ccc(C(C)(C)C)cc4c32)c2c1sc1ccccc12. The van der Waals surface area contributed by atoms with Crippen molar-refractivity contribution >= 4 is 99.9 Å². The molecular weight excluding hydrogens is 820 g/mol. The van der Waals surface area contributed by atoms with Crippen LogP contribution >= 0.6 is 11.3 Å². The van der Waals surface area contributed by atoms with Crippen LogP contribution in [0.1, 0.15) is 155 Å². The van der Waals surface area contributed by atoms with Gasteiger partial charge in [0.05, 0.1) is 17.0 Å². The van der Waals surface area contributed by atoms with Crippen LogP contribution in [0, 0.1) is 0 Å². The smallest absolute Gasteiger partial charge is 0.297 e. The highest BCUT2D eigenvalue weighted by Gasteiger charge is 2.49. The number of hydrogen-bond donors (Lipinski definition) is 0. The number of furan rings is 1. The third-order valence-electron chi connectivity index (χ3n) is 16.9. The number of benzene rings is 6. The maximum atomic E-state index is 7.50. The molecule has 0 unspecified atom stereocenters. The van der Waals surface area contributed by atoms with Gasteiger partial charge < -0.3 is 14.2 Å². The highest BCUT2D eigenvalue weighted by Crippen LogP contribution is 2.55. The summed E-state index contributed by atoms with van der Waals surface area (Å²) in [5, 5.41) is 3.82. The quantitative estimate of drug-likeness (QED) is 0.165. The van der Waals surface area contributed by atoms with Crippen molar-refractivity contribution in [3.05, 3.63) is 137 Å². The minimum Gasteiger partial charge on any atom is -0.468 e. The van der Waals surface area contributed by atoms with E-state index in [1.807, 2.05) is 11.3 Å². The van der Waals surface area contributed by atoms with Crippen molar-refractivity contribution in [3.8, 4) is 0 Å². The first kappa shape index (κ1) is 42.1. The molecule has 66 heavy (non-hydrogen) atoms. The third kappa shape index (κ3) is 5.87. The summed E-state index contributed by atoms with van der Waals surface area (Å²) in [7, 11) is 0. The molecule has 8 aromatic rings. The molecule has 0 radical (unpaired) electrons. The summed E-state index contributed by atoms with van der Waals surface area (Å²) >= 11 is 1.94. The summed E-state index contributed by atoms with van der Waals surface area (Å²) in [5.74, 6) is 0.391. The van der Waals surface area contributed by atoms with Crippen LogP contribution in [-0.2, 0) is 27.1 Å². The van der Waals surface area contributed by atoms with Crippen molar-refractivity contribution in [2.24, 2.45) is 0 Å². The standard InChI is InChI=1S/C61H65BN2OS/c1-35(2)38-23-25-46(52-39-17-14-15-20-51(39)66-55(38)52)64-48-19-16-18-47-53(48)62(56-54(64)40-31-36(57(3,4)5)21-26-50(40)65-56)45-33-43-44(61(12,13)30-29-60(43,10)11)34-49(45)63(47)37-22-24-41-42(32-37)59(8,9)28-27-58(41,6)7/h14-26,31-35H,27-30H2,1-13H3. The van der Waals surface area contributed by atoms with Crippen LogP contribution in [0.3, 0.4) is 0 Å². The van der Waals surface area contributed by atoms with Gasteiger partial charge in [-0.15, -0.1) is 11.3 Å². The molecule has 0 saturated carbocycles. The molecule has 2 aliphatic heterocycles. The van der Waals surface area contributed by atoms with Crippen molar-refractivity contribution in [2.75, 3.05) is 9.80 Å². The summed E-state index contributed by atoms with van der Waals surface area (Å²) in [6.07, 6.45) is 4.70. The molecule has 0 amide bonds. The predicted molar refractivity (Wildman–Crippen MR) is 286 cm³/mol. The fourth-order valence-corrected chi connectivity index (χ4v) is 14.0. The van der Waals surface area contributed by atoms with E-state index in [0.29, 0.717) is 5.92 Å². The van der Waals surface area contributed by atoms with Crippen molar-refractivity contribution in [1.29, 1.82) is 0 Å². The van der Waals surface area contributed by atoms with Gasteiger partial charge >= 0.3 is 0 Å². The Morgan fingerprint density at radius 2 is 1.23 bits per heavy atom. The first-order chi connectivity index (χ1) is 31.2. The molecule has 0 N–H and O–H groups in total. The second-order valence-electron chi connectivity index (χ2n) is 24.4. The van der Waals surface area contributed by atoms with E-state index in [9.17, 15) is 0 Å². The molecule has 0 atom stereocenters. The molecular formula is C61H65BN2OS. The van der Waals surface area contributed by atoms with E-state index in [4.69, 9.17) is 4.42 Å². The molecule has 0 saturated heterocycles. The van der Waals surface area contributed by atoms with E-state index in [2.05, 4.69) is 203 Å². The van der Waals surface area contributed by atoms with E-state index >= 15 is 0 Å². The summed E-state index contributed by atoms with van der Waals surface area (Å²) < 4.78 is 10.2. The lowest BCUT2D eigenvalue weighted by atomic mass is 9.35. The average molecular weight is 885 g/mol. The van der Waals surface area contributed by atoms with Crippen LogP contribution in [0.4, 0.5) is 34.1 Å². The lowest BCUT2D eigenvalue weighted by molar-refractivity contribution is 0.332. The Morgan fingerprint density at radius 1 is 0.591 bits per heavy atom. The number of anilines is 6. The van der Waals surface area contributed by atoms with Gasteiger partial charge in [0, 0.05) is 48.3 Å². The average Bonchev–Trinajstić information content (AvgIpc) is 3.85. The maximum Gasteiger partial charge on any atom is 0.297 e. The van der Waals surface area contributed by atoms with Crippen molar-refractivity contribution < 1.29 is 4.42 Å². The summed E-state index contributed by atoms with van der Waals surface area (Å²) in [6.45, 7) is 31.2. The molecule has 2 aromatic heterocycles. The number of thiophene rings is 1. The van der Waals surface area contributed by atoms with E-state index in [1.165, 1.54) is 117 Å². The van der Waals surface area contributed by atoms with Gasteiger partial charge in [0.1, 0.15) is 5.58 Å². The Balaban J connectivity index is 1.22. The summed E-state index contributed by atoms with van der Waals surface area (Å²) in [5.41, 5.74) is 20.9. The van der Waals surface area contributed by atoms with Gasteiger partial charge in [-0.3, -0.25) is 0 Å². The molecule has 6 aromatic carbocycles. The number of fused-ring (bicyclic) bond motifs is 11. The highest BCUT2D eigenvalue weighted by molar-refractivity contribution is 7.26. The second-order valence-corrected chi connectivity index (χ2v) is 25.5. The van der Waals surface area contributed by atoms with Gasteiger partial charge in [0.2, 0.25) is 0 Å². The van der Waals surface area contributed by atoms with Crippen molar-refractivity contribution in [3.63, 3.8) is 0 Å². The molecule has 5 heteroatoms. The van der Waals surface area contributed by atoms with Crippen LogP contribution in [0.2, 0.25) is 0 Å². The van der Waals surface area contributed by atoms with Crippen LogP contribution in [-0.4, -0.2) is 6.71 Å². The second kappa shape index (κ2) is 13.7. The summed E-state index contributed by atoms with van der Waals surface area (Å²) in [4.78, 5) is 5.28. The largest absolute Gasteiger partial charge is 0.468 e. The van der Waals surface area contributed by atoms with E-state index in [-0.39, 0.29) is 33.8 Å². The fraction of sp³-hybridized carbons (Fsp3) is 0.377. The number of nitrogens with zero attached hydrogens (tertiary/aromatic N) is 2. The van der Waals surface area contributed by atoms with Crippen LogP contribution in [0.5, 0.6) is 0 Å². The molecule has 2 aliphatic carbocycles. The Bertz CT molecular complexity index is 3370. The van der Waals surface area contributed by atoms with Crippen molar-refractivity contribution in [2.45, 2.75) is 149 Å². The third-order valence-corrected chi connectivity index (χ3v) is 18.1. The summed E-state index contributed by atoms with van der Waals surface area (Å²) in [6, 6.07) is 40.7. The minimum absolute atomic E-state index is 0.0350. The predicted octanol–water partition coefficient (Wildman–Crippen LogP) is 16.0. The minimum atomic E-state index is -0.108. The monoisotopic (exact) mass is 884 g/mol. The first-order valence-corrected chi connectivity index (χ1v) is 25.6. The number of rotatable bonds is 3. The zero-order valence-electron chi connectivity index (χ0n) is 41.5. The topological polar surface area (TPSA) is 19.6 Å². The van der Waals surface area contributed by atoms with Gasteiger partial charge in [0.15, 0.2) is 0 Å². The normalized spacial score (nSPS) is 18.7. The highest BCUT2D eigenvalue weighted by atomic mass is 32.1. The molecule has 4 aliphatic rings.